The average Bonchev–Trinajstić information content (AvgIpc) is 2.11. The number of allylic oxidation sites excluding steroid dienone is 3. The van der Waals surface area contributed by atoms with E-state index in [4.69, 9.17) is 4.74 Å². The third-order valence-corrected chi connectivity index (χ3v) is 2.38. The molecule has 1 atom stereocenters. The van der Waals surface area contributed by atoms with Gasteiger partial charge < -0.3 is 10.1 Å². The molecule has 0 fully saturated rings. The van der Waals surface area contributed by atoms with Crippen LogP contribution >= 0.6 is 0 Å². The van der Waals surface area contributed by atoms with Crippen molar-refractivity contribution >= 4 is 0 Å². The molecule has 0 aromatic heterocycles. The van der Waals surface area contributed by atoms with E-state index < -0.39 is 0 Å². The lowest BCUT2D eigenvalue weighted by atomic mass is 10.1. The monoisotopic (exact) mass is 197 g/mol. The molecule has 1 aliphatic rings. The lowest BCUT2D eigenvalue weighted by molar-refractivity contribution is 0.140. The number of ether oxygens (including phenoxy) is 1. The van der Waals surface area contributed by atoms with Crippen molar-refractivity contribution in [1.29, 1.82) is 0 Å². The zero-order chi connectivity index (χ0) is 10.4. The van der Waals surface area contributed by atoms with E-state index in [1.54, 1.807) is 0 Å². The van der Waals surface area contributed by atoms with E-state index in [9.17, 15) is 0 Å². The molecule has 1 rings (SSSR count). The largest absolute Gasteiger partial charge is 0.491 e. The standard InChI is InChI=1S/C12H21NO.H2/c1-10-8-11(2)14-12(9-10)6-4-5-7-13-3;/h8-9,12-13H,4-7H2,1-3H3;1H. The van der Waals surface area contributed by atoms with E-state index in [1.807, 2.05) is 14.0 Å². The molecule has 0 amide bonds. The van der Waals surface area contributed by atoms with Gasteiger partial charge in [0.15, 0.2) is 0 Å². The van der Waals surface area contributed by atoms with Gasteiger partial charge in [-0.3, -0.25) is 0 Å². The maximum Gasteiger partial charge on any atom is 0.117 e. The minimum atomic E-state index is 0. The summed E-state index contributed by atoms with van der Waals surface area (Å²) >= 11 is 0. The second-order valence-corrected chi connectivity index (χ2v) is 3.92. The van der Waals surface area contributed by atoms with Crippen molar-refractivity contribution in [2.45, 2.75) is 39.2 Å². The third-order valence-electron chi connectivity index (χ3n) is 2.38. The molecular weight excluding hydrogens is 174 g/mol. The molecule has 0 aromatic carbocycles. The Bertz CT molecular complexity index is 236. The molecule has 1 heterocycles. The normalized spacial score (nSPS) is 21.2. The summed E-state index contributed by atoms with van der Waals surface area (Å²) < 4.78 is 5.70. The SMILES string of the molecule is CNCCCCC1C=C(C)C=C(C)O1.[HH]. The van der Waals surface area contributed by atoms with Crippen LogP contribution in [0.1, 0.15) is 34.5 Å². The predicted octanol–water partition coefficient (Wildman–Crippen LogP) is 2.87. The fourth-order valence-electron chi connectivity index (χ4n) is 1.76. The Morgan fingerprint density at radius 2 is 2.21 bits per heavy atom. The second-order valence-electron chi connectivity index (χ2n) is 3.92. The zero-order valence-electron chi connectivity index (χ0n) is 9.47. The fraction of sp³-hybridized carbons (Fsp3) is 0.667. The zero-order valence-corrected chi connectivity index (χ0v) is 9.47. The maximum atomic E-state index is 5.70. The van der Waals surface area contributed by atoms with Crippen LogP contribution in [-0.4, -0.2) is 19.7 Å². The summed E-state index contributed by atoms with van der Waals surface area (Å²) in [6, 6.07) is 0. The van der Waals surface area contributed by atoms with E-state index in [2.05, 4.69) is 24.4 Å². The molecule has 2 nitrogen and oxygen atoms in total. The van der Waals surface area contributed by atoms with E-state index in [0.29, 0.717) is 6.10 Å². The smallest absolute Gasteiger partial charge is 0.117 e. The molecule has 1 aliphatic heterocycles. The lowest BCUT2D eigenvalue weighted by Crippen LogP contribution is -2.14. The van der Waals surface area contributed by atoms with Gasteiger partial charge in [-0.25, -0.2) is 0 Å². The molecular formula is C12H23NO. The summed E-state index contributed by atoms with van der Waals surface area (Å²) in [4.78, 5) is 0. The highest BCUT2D eigenvalue weighted by molar-refractivity contribution is 5.23. The summed E-state index contributed by atoms with van der Waals surface area (Å²) in [6.07, 6.45) is 8.19. The van der Waals surface area contributed by atoms with Crippen LogP contribution in [0.3, 0.4) is 0 Å². The molecule has 1 N–H and O–H groups in total. The summed E-state index contributed by atoms with van der Waals surface area (Å²) in [7, 11) is 1.99. The number of nitrogens with one attached hydrogen (secondary N) is 1. The van der Waals surface area contributed by atoms with Crippen molar-refractivity contribution in [2.75, 3.05) is 13.6 Å². The van der Waals surface area contributed by atoms with Gasteiger partial charge in [0.05, 0.1) is 5.76 Å². The highest BCUT2D eigenvalue weighted by Crippen LogP contribution is 2.19. The van der Waals surface area contributed by atoms with E-state index in [-0.39, 0.29) is 1.43 Å². The van der Waals surface area contributed by atoms with Crippen LogP contribution in [0.15, 0.2) is 23.5 Å². The topological polar surface area (TPSA) is 21.3 Å². The van der Waals surface area contributed by atoms with Gasteiger partial charge in [-0.05, 0) is 64.4 Å². The number of hydrogen-bond acceptors (Lipinski definition) is 2. The van der Waals surface area contributed by atoms with Gasteiger partial charge in [0.25, 0.3) is 0 Å². The molecule has 14 heavy (non-hydrogen) atoms. The number of unbranched alkanes of at least 4 members (excludes halogenated alkanes) is 1. The lowest BCUT2D eigenvalue weighted by Gasteiger charge is -2.20. The van der Waals surface area contributed by atoms with Gasteiger partial charge in [0, 0.05) is 1.43 Å². The van der Waals surface area contributed by atoms with Gasteiger partial charge in [-0.2, -0.15) is 0 Å². The highest BCUT2D eigenvalue weighted by Gasteiger charge is 2.10. The quantitative estimate of drug-likeness (QED) is 0.684. The van der Waals surface area contributed by atoms with Crippen molar-refractivity contribution in [3.63, 3.8) is 0 Å². The van der Waals surface area contributed by atoms with Crippen LogP contribution in [0.2, 0.25) is 0 Å². The number of rotatable bonds is 5. The van der Waals surface area contributed by atoms with Crippen LogP contribution in [0.5, 0.6) is 0 Å². The van der Waals surface area contributed by atoms with Crippen molar-refractivity contribution in [2.24, 2.45) is 0 Å². The Hall–Kier alpha value is -0.760. The summed E-state index contributed by atoms with van der Waals surface area (Å²) in [5, 5.41) is 3.16. The molecule has 2 heteroatoms. The van der Waals surface area contributed by atoms with Crippen molar-refractivity contribution < 1.29 is 6.16 Å². The number of hydrogen-bond donors (Lipinski definition) is 1. The van der Waals surface area contributed by atoms with Crippen molar-refractivity contribution in [3.8, 4) is 0 Å². The first-order chi connectivity index (χ1) is 6.72. The van der Waals surface area contributed by atoms with Crippen LogP contribution in [-0.2, 0) is 4.74 Å². The Kier molecular flexibility index (Phi) is 4.74. The van der Waals surface area contributed by atoms with Crippen LogP contribution in [0, 0.1) is 0 Å². The van der Waals surface area contributed by atoms with Crippen LogP contribution in [0.25, 0.3) is 0 Å². The predicted molar refractivity (Wildman–Crippen MR) is 62.3 cm³/mol. The Labute approximate surface area is 88.5 Å². The van der Waals surface area contributed by atoms with Crippen LogP contribution < -0.4 is 5.32 Å². The molecule has 0 saturated heterocycles. The molecule has 0 radical (unpaired) electrons. The van der Waals surface area contributed by atoms with Gasteiger partial charge in [-0.1, -0.05) is 0 Å². The molecule has 0 spiro atoms. The molecule has 82 valence electrons. The van der Waals surface area contributed by atoms with E-state index in [0.717, 1.165) is 18.7 Å². The Balaban J connectivity index is 0.00000196. The maximum absolute atomic E-state index is 5.70. The highest BCUT2D eigenvalue weighted by atomic mass is 16.5. The molecule has 0 aliphatic carbocycles. The summed E-state index contributed by atoms with van der Waals surface area (Å²) in [6.45, 7) is 5.26. The Morgan fingerprint density at radius 3 is 2.86 bits per heavy atom. The molecule has 0 aromatic rings. The minimum Gasteiger partial charge on any atom is -0.491 e. The third kappa shape index (κ3) is 3.97. The first-order valence-corrected chi connectivity index (χ1v) is 5.40. The second kappa shape index (κ2) is 5.86. The molecule has 1 unspecified atom stereocenters. The minimum absolute atomic E-state index is 0. The van der Waals surface area contributed by atoms with Crippen molar-refractivity contribution in [3.05, 3.63) is 23.5 Å². The Morgan fingerprint density at radius 1 is 1.43 bits per heavy atom. The van der Waals surface area contributed by atoms with E-state index >= 15 is 0 Å². The first kappa shape index (κ1) is 11.3. The average molecular weight is 197 g/mol. The molecule has 0 bridgehead atoms. The van der Waals surface area contributed by atoms with Crippen molar-refractivity contribution in [1.82, 2.24) is 5.32 Å². The fourth-order valence-corrected chi connectivity index (χ4v) is 1.76. The van der Waals surface area contributed by atoms with E-state index in [1.165, 1.54) is 18.4 Å². The summed E-state index contributed by atoms with van der Waals surface area (Å²) in [5.74, 6) is 1.05. The van der Waals surface area contributed by atoms with Gasteiger partial charge in [-0.15, -0.1) is 0 Å². The molecule has 0 saturated carbocycles. The van der Waals surface area contributed by atoms with Gasteiger partial charge >= 0.3 is 0 Å². The summed E-state index contributed by atoms with van der Waals surface area (Å²) in [5.41, 5.74) is 1.33. The van der Waals surface area contributed by atoms with Crippen LogP contribution in [0.4, 0.5) is 0 Å². The van der Waals surface area contributed by atoms with Gasteiger partial charge in [0.1, 0.15) is 6.10 Å². The van der Waals surface area contributed by atoms with Gasteiger partial charge in [0.2, 0.25) is 0 Å². The first-order valence-electron chi connectivity index (χ1n) is 5.40.